The molecule has 19 rings (SSSR count). The number of hydrogen-bond donors (Lipinski definition) is 2. The maximum atomic E-state index is 13.2. The normalized spacial score (nSPS) is 13.5. The van der Waals surface area contributed by atoms with Crippen LogP contribution >= 0.6 is 0 Å². The molecule has 109 heavy (non-hydrogen) atoms. The van der Waals surface area contributed by atoms with Crippen LogP contribution in [0.1, 0.15) is 27.7 Å². The van der Waals surface area contributed by atoms with Crippen molar-refractivity contribution in [2.45, 2.75) is 44.4 Å². The van der Waals surface area contributed by atoms with Crippen LogP contribution in [0.3, 0.4) is 0 Å². The molecular weight excluding hydrogens is 1380 g/mol. The molecule has 0 atom stereocenters. The highest BCUT2D eigenvalue weighted by molar-refractivity contribution is 7.88. The zero-order valence-electron chi connectivity index (χ0n) is 59.9. The van der Waals surface area contributed by atoms with Gasteiger partial charge >= 0.3 is 22.7 Å². The number of rotatable bonds is 9. The Balaban J connectivity index is 0.000000129. The maximum absolute atomic E-state index is 13.2. The van der Waals surface area contributed by atoms with Gasteiger partial charge in [0.1, 0.15) is 11.5 Å². The highest BCUT2D eigenvalue weighted by Crippen LogP contribution is 2.49. The summed E-state index contributed by atoms with van der Waals surface area (Å²) in [7, 11) is -6.27. The fourth-order valence-electron chi connectivity index (χ4n) is 15.6. The molecule has 1 fully saturated rings. The predicted molar refractivity (Wildman–Crippen MR) is 444 cm³/mol. The summed E-state index contributed by atoms with van der Waals surface area (Å²) in [6.07, 6.45) is 0. The van der Waals surface area contributed by atoms with Gasteiger partial charge in [-0.15, -0.1) is 0 Å². The van der Waals surface area contributed by atoms with Crippen molar-refractivity contribution < 1.29 is 45.3 Å². The van der Waals surface area contributed by atoms with Gasteiger partial charge in [0.05, 0.1) is 11.2 Å². The van der Waals surface area contributed by atoms with Crippen LogP contribution < -0.4 is 9.65 Å². The number of halogens is 3. The Kier molecular flexibility index (Phi) is 17.6. The molecule has 1 heterocycles. The smallest absolute Gasteiger partial charge is 0.507 e. The zero-order valence-corrected chi connectivity index (χ0v) is 60.7. The zero-order chi connectivity index (χ0) is 74.9. The average Bonchev–Trinajstić information content (AvgIpc) is 1.43. The lowest BCUT2D eigenvalue weighted by Crippen LogP contribution is -2.41. The molecule has 18 aromatic rings. The fraction of sp³-hybridized carbons (Fsp3) is 0.0722. The monoisotopic (exact) mass is 1450 g/mol. The Morgan fingerprint density at radius 1 is 0.303 bits per heavy atom. The standard InChI is InChI=1S/C41H25F3O3S.C40H26O.C16H19BO3/c42-41(43,44)48(45,46)47-38-18-8-15-31-32(38)16-7-17-33(31)40-36-13-5-3-11-34(36)39(35-12-4-6-14-37(35)40)28-22-19-27(20-23-28)30-24-21-26-9-1-2-10-29(26)25-30;41-38-18-8-15-31-32(38)16-7-17-33(31)40-36-13-5-3-11-34(36)39(35-12-4-6-14-37(35)40)28-22-19-27(20-23-28)30-24-21-26-9-1-2-10-29(26)25-30;1-15(2)16(3,4)20-17(19-15)13-9-5-8-12-11(13)7-6-10-14(12)18/h1-25H;1-25,41H;5-10,18H,1-4H3. The molecule has 0 spiro atoms. The third-order valence-corrected chi connectivity index (χ3v) is 22.6. The number of fused-ring (bicyclic) bond motifs is 9. The van der Waals surface area contributed by atoms with Gasteiger partial charge in [-0.05, 0) is 211 Å². The average molecular weight is 1450 g/mol. The minimum Gasteiger partial charge on any atom is -0.507 e. The summed E-state index contributed by atoms with van der Waals surface area (Å²) in [4.78, 5) is 0. The van der Waals surface area contributed by atoms with Crippen LogP contribution in [-0.4, -0.2) is 42.5 Å². The fourth-order valence-corrected chi connectivity index (χ4v) is 16.1. The number of alkyl halides is 3. The quantitative estimate of drug-likeness (QED) is 0.0642. The first-order valence-electron chi connectivity index (χ1n) is 36.1. The molecule has 1 saturated heterocycles. The van der Waals surface area contributed by atoms with Crippen LogP contribution in [0, 0.1) is 0 Å². The third-order valence-electron chi connectivity index (χ3n) is 21.6. The summed E-state index contributed by atoms with van der Waals surface area (Å²) < 4.78 is 80.4. The molecule has 0 amide bonds. The van der Waals surface area contributed by atoms with Crippen LogP contribution in [0.25, 0.3) is 164 Å². The number of hydrogen-bond acceptors (Lipinski definition) is 7. The molecule has 530 valence electrons. The SMILES string of the molecule is CC1(C)OB(c2cccc3c(O)cccc23)OC1(C)C.O=S(=O)(Oc1cccc2c(-c3c4ccccc4c(-c4ccc(-c5ccc6ccccc6c5)cc4)c4ccccc34)cccc12)C(F)(F)F.Oc1cccc2c(-c3c4ccccc4c(-c4ccc(-c5ccc6ccccc6c5)cc4)c4ccccc34)cccc12. The largest absolute Gasteiger partial charge is 0.534 e. The van der Waals surface area contributed by atoms with E-state index in [1.807, 2.05) is 131 Å². The number of aromatic hydroxyl groups is 2. The topological polar surface area (TPSA) is 102 Å². The molecule has 0 unspecified atom stereocenters. The molecule has 1 aliphatic heterocycles. The van der Waals surface area contributed by atoms with Crippen molar-refractivity contribution in [3.05, 3.63) is 340 Å². The van der Waals surface area contributed by atoms with Crippen LogP contribution in [0.15, 0.2) is 340 Å². The van der Waals surface area contributed by atoms with Gasteiger partial charge in [0.15, 0.2) is 5.75 Å². The van der Waals surface area contributed by atoms with E-state index in [-0.39, 0.29) is 28.1 Å². The van der Waals surface area contributed by atoms with Gasteiger partial charge in [-0.1, -0.05) is 309 Å². The van der Waals surface area contributed by atoms with Crippen molar-refractivity contribution in [3.8, 4) is 84.0 Å². The Morgan fingerprint density at radius 2 is 0.606 bits per heavy atom. The summed E-state index contributed by atoms with van der Waals surface area (Å²) in [5, 5.41) is 38.7. The van der Waals surface area contributed by atoms with Gasteiger partial charge in [-0.3, -0.25) is 0 Å². The number of phenols is 2. The third kappa shape index (κ3) is 12.7. The molecule has 1 aliphatic rings. The molecule has 7 nitrogen and oxygen atoms in total. The molecule has 18 aromatic carbocycles. The number of benzene rings is 18. The minimum atomic E-state index is -5.86. The Hall–Kier alpha value is -12.6. The minimum absolute atomic E-state index is 0.254. The lowest BCUT2D eigenvalue weighted by molar-refractivity contribution is -0.0499. The van der Waals surface area contributed by atoms with E-state index in [1.54, 1.807) is 30.3 Å². The van der Waals surface area contributed by atoms with E-state index < -0.39 is 22.7 Å². The van der Waals surface area contributed by atoms with E-state index in [0.717, 1.165) is 87.5 Å². The molecule has 12 heteroatoms. The lowest BCUT2D eigenvalue weighted by atomic mass is 9.76. The predicted octanol–water partition coefficient (Wildman–Crippen LogP) is 25.4. The Labute approximate surface area is 629 Å². The Bertz CT molecular complexity index is 6630. The van der Waals surface area contributed by atoms with Crippen molar-refractivity contribution in [2.75, 3.05) is 0 Å². The van der Waals surface area contributed by atoms with E-state index in [1.165, 1.54) is 83.0 Å². The van der Waals surface area contributed by atoms with Crippen molar-refractivity contribution >= 4 is 120 Å². The molecule has 0 aliphatic carbocycles. The second-order valence-corrected chi connectivity index (χ2v) is 30.1. The lowest BCUT2D eigenvalue weighted by Gasteiger charge is -2.32. The van der Waals surface area contributed by atoms with Crippen LogP contribution in [-0.2, 0) is 19.4 Å². The summed E-state index contributed by atoms with van der Waals surface area (Å²) >= 11 is 0. The molecule has 2 N–H and O–H groups in total. The maximum Gasteiger partial charge on any atom is 0.534 e. The second kappa shape index (κ2) is 27.6. The van der Waals surface area contributed by atoms with Crippen LogP contribution in [0.2, 0.25) is 0 Å². The molecule has 0 bridgehead atoms. The van der Waals surface area contributed by atoms with Crippen molar-refractivity contribution in [1.82, 2.24) is 0 Å². The van der Waals surface area contributed by atoms with Crippen LogP contribution in [0.5, 0.6) is 17.2 Å². The van der Waals surface area contributed by atoms with E-state index >= 15 is 0 Å². The highest BCUT2D eigenvalue weighted by Gasteiger charge is 2.52. The molecule has 0 aromatic heterocycles. The van der Waals surface area contributed by atoms with E-state index in [4.69, 9.17) is 9.31 Å². The molecule has 0 saturated carbocycles. The Morgan fingerprint density at radius 3 is 1.03 bits per heavy atom. The molecular formula is C97H70BF3O7S. The van der Waals surface area contributed by atoms with E-state index in [0.29, 0.717) is 11.1 Å². The molecule has 0 radical (unpaired) electrons. The first-order valence-corrected chi connectivity index (χ1v) is 37.5. The van der Waals surface area contributed by atoms with E-state index in [2.05, 4.69) is 198 Å². The van der Waals surface area contributed by atoms with Crippen molar-refractivity contribution in [1.29, 1.82) is 0 Å². The summed E-state index contributed by atoms with van der Waals surface area (Å²) in [6, 6.07) is 114. The summed E-state index contributed by atoms with van der Waals surface area (Å²) in [5.41, 5.74) is 7.86. The van der Waals surface area contributed by atoms with E-state index in [9.17, 15) is 31.8 Å². The summed E-state index contributed by atoms with van der Waals surface area (Å²) in [6.45, 7) is 8.15. The number of phenolic OH excluding ortho intramolecular Hbond substituents is 2. The van der Waals surface area contributed by atoms with Crippen molar-refractivity contribution in [2.24, 2.45) is 0 Å². The van der Waals surface area contributed by atoms with Gasteiger partial charge < -0.3 is 23.7 Å². The van der Waals surface area contributed by atoms with Gasteiger partial charge in [-0.2, -0.15) is 21.6 Å². The van der Waals surface area contributed by atoms with Gasteiger partial charge in [0, 0.05) is 16.2 Å². The van der Waals surface area contributed by atoms with Gasteiger partial charge in [0.25, 0.3) is 0 Å². The highest BCUT2D eigenvalue weighted by atomic mass is 32.2. The second-order valence-electron chi connectivity index (χ2n) is 28.6. The van der Waals surface area contributed by atoms with Gasteiger partial charge in [0.2, 0.25) is 0 Å². The first-order chi connectivity index (χ1) is 52.8. The van der Waals surface area contributed by atoms with Gasteiger partial charge in [-0.25, -0.2) is 0 Å². The first kappa shape index (κ1) is 69.5. The summed E-state index contributed by atoms with van der Waals surface area (Å²) in [5.74, 6) is 0.199. The van der Waals surface area contributed by atoms with Crippen molar-refractivity contribution in [3.63, 3.8) is 0 Å². The van der Waals surface area contributed by atoms with Crippen LogP contribution in [0.4, 0.5) is 13.2 Å².